The van der Waals surface area contributed by atoms with Crippen molar-refractivity contribution >= 4 is 11.6 Å². The van der Waals surface area contributed by atoms with Crippen LogP contribution in [0.5, 0.6) is 0 Å². The van der Waals surface area contributed by atoms with Gasteiger partial charge in [0.1, 0.15) is 0 Å². The molecule has 0 heterocycles. The van der Waals surface area contributed by atoms with E-state index in [2.05, 4.69) is 18.9 Å². The summed E-state index contributed by atoms with van der Waals surface area (Å²) in [6, 6.07) is 6.03. The minimum Gasteiger partial charge on any atom is -0.115 e. The van der Waals surface area contributed by atoms with Gasteiger partial charge >= 0.3 is 0 Å². The minimum atomic E-state index is 0.619. The van der Waals surface area contributed by atoms with Crippen LogP contribution in [0.15, 0.2) is 18.2 Å². The maximum atomic E-state index is 6.31. The van der Waals surface area contributed by atoms with Crippen LogP contribution < -0.4 is 0 Å². The number of terminal acetylenes is 1. The van der Waals surface area contributed by atoms with Crippen LogP contribution in [-0.2, 0) is 0 Å². The molecule has 2 unspecified atom stereocenters. The molecule has 0 bridgehead atoms. The molecule has 2 rings (SSSR count). The van der Waals surface area contributed by atoms with Crippen LogP contribution in [0.1, 0.15) is 49.7 Å². The summed E-state index contributed by atoms with van der Waals surface area (Å²) in [5.74, 6) is 3.98. The second-order valence-electron chi connectivity index (χ2n) is 4.75. The third-order valence-corrected chi connectivity index (χ3v) is 4.01. The monoisotopic (exact) mass is 232 g/mol. The minimum absolute atomic E-state index is 0.619. The number of hydrogen-bond acceptors (Lipinski definition) is 0. The van der Waals surface area contributed by atoms with Crippen molar-refractivity contribution in [2.24, 2.45) is 5.92 Å². The number of halogens is 1. The van der Waals surface area contributed by atoms with Crippen LogP contribution in [0.2, 0.25) is 5.02 Å². The van der Waals surface area contributed by atoms with E-state index in [4.69, 9.17) is 18.0 Å². The first-order valence-electron chi connectivity index (χ1n) is 5.98. The molecule has 0 amide bonds. The molecule has 1 heteroatoms. The zero-order chi connectivity index (χ0) is 11.5. The Kier molecular flexibility index (Phi) is 3.56. The van der Waals surface area contributed by atoms with Crippen molar-refractivity contribution in [3.05, 3.63) is 34.3 Å². The largest absolute Gasteiger partial charge is 0.115 e. The van der Waals surface area contributed by atoms with E-state index in [0.717, 1.165) is 16.5 Å². The van der Waals surface area contributed by atoms with Crippen LogP contribution >= 0.6 is 11.6 Å². The molecule has 84 valence electrons. The first-order chi connectivity index (χ1) is 7.72. The summed E-state index contributed by atoms with van der Waals surface area (Å²) in [6.45, 7) is 2.33. The van der Waals surface area contributed by atoms with E-state index in [-0.39, 0.29) is 0 Å². The molecule has 1 fully saturated rings. The van der Waals surface area contributed by atoms with Crippen molar-refractivity contribution in [3.8, 4) is 12.3 Å². The van der Waals surface area contributed by atoms with Crippen molar-refractivity contribution in [2.45, 2.75) is 38.5 Å². The van der Waals surface area contributed by atoms with Crippen LogP contribution in [0, 0.1) is 18.3 Å². The fraction of sp³-hybridized carbons (Fsp3) is 0.467. The highest BCUT2D eigenvalue weighted by Crippen LogP contribution is 2.40. The molecule has 0 radical (unpaired) electrons. The summed E-state index contributed by atoms with van der Waals surface area (Å²) in [7, 11) is 0. The lowest BCUT2D eigenvalue weighted by molar-refractivity contribution is 0.331. The maximum Gasteiger partial charge on any atom is 0.0453 e. The third-order valence-electron chi connectivity index (χ3n) is 3.68. The molecular weight excluding hydrogens is 216 g/mol. The zero-order valence-corrected chi connectivity index (χ0v) is 10.4. The van der Waals surface area contributed by atoms with Gasteiger partial charge in [-0.3, -0.25) is 0 Å². The predicted octanol–water partition coefficient (Wildman–Crippen LogP) is 4.62. The lowest BCUT2D eigenvalue weighted by Crippen LogP contribution is -2.15. The molecule has 1 aliphatic rings. The Labute approximate surface area is 103 Å². The average Bonchev–Trinajstić information content (AvgIpc) is 2.30. The fourth-order valence-electron chi connectivity index (χ4n) is 2.70. The van der Waals surface area contributed by atoms with Gasteiger partial charge in [0, 0.05) is 10.6 Å². The Morgan fingerprint density at radius 3 is 2.69 bits per heavy atom. The van der Waals surface area contributed by atoms with Gasteiger partial charge in [-0.05, 0) is 36.0 Å². The van der Waals surface area contributed by atoms with E-state index in [1.54, 1.807) is 0 Å². The van der Waals surface area contributed by atoms with Crippen molar-refractivity contribution in [2.75, 3.05) is 0 Å². The highest BCUT2D eigenvalue weighted by molar-refractivity contribution is 6.31. The second-order valence-corrected chi connectivity index (χ2v) is 5.16. The molecule has 0 spiro atoms. The molecule has 1 saturated carbocycles. The molecule has 1 aliphatic carbocycles. The fourth-order valence-corrected chi connectivity index (χ4v) is 3.02. The summed E-state index contributed by atoms with van der Waals surface area (Å²) < 4.78 is 0. The quantitative estimate of drug-likeness (QED) is 0.620. The Bertz CT molecular complexity index is 414. The molecule has 0 saturated heterocycles. The van der Waals surface area contributed by atoms with Crippen molar-refractivity contribution in [1.82, 2.24) is 0 Å². The van der Waals surface area contributed by atoms with Gasteiger partial charge in [-0.15, -0.1) is 6.42 Å². The molecule has 0 aliphatic heterocycles. The maximum absolute atomic E-state index is 6.31. The van der Waals surface area contributed by atoms with Gasteiger partial charge in [0.05, 0.1) is 0 Å². The predicted molar refractivity (Wildman–Crippen MR) is 69.8 cm³/mol. The highest BCUT2D eigenvalue weighted by atomic mass is 35.5. The topological polar surface area (TPSA) is 0 Å². The van der Waals surface area contributed by atoms with E-state index in [0.29, 0.717) is 5.92 Å². The van der Waals surface area contributed by atoms with Crippen LogP contribution in [-0.4, -0.2) is 0 Å². The molecule has 0 nitrogen and oxygen atoms in total. The Morgan fingerprint density at radius 2 is 2.06 bits per heavy atom. The lowest BCUT2D eigenvalue weighted by atomic mass is 9.76. The van der Waals surface area contributed by atoms with Gasteiger partial charge in [0.25, 0.3) is 0 Å². The Hall–Kier alpha value is -0.930. The lowest BCUT2D eigenvalue weighted by Gasteiger charge is -2.29. The van der Waals surface area contributed by atoms with E-state index >= 15 is 0 Å². The summed E-state index contributed by atoms with van der Waals surface area (Å²) in [6.07, 6.45) is 10.6. The first-order valence-corrected chi connectivity index (χ1v) is 6.36. The number of rotatable bonds is 1. The van der Waals surface area contributed by atoms with Gasteiger partial charge in [-0.2, -0.15) is 0 Å². The Balaban J connectivity index is 2.29. The molecule has 0 N–H and O–H groups in total. The second kappa shape index (κ2) is 4.93. The number of hydrogen-bond donors (Lipinski definition) is 0. The standard InChI is InChI=1S/C15H17Cl/c1-3-12-8-9-14(15(16)10-12)13-7-5-4-6-11(13)2/h1,8-11,13H,4-7H2,2H3. The van der Waals surface area contributed by atoms with Gasteiger partial charge in [0.2, 0.25) is 0 Å². The van der Waals surface area contributed by atoms with Gasteiger partial charge < -0.3 is 0 Å². The summed E-state index contributed by atoms with van der Waals surface area (Å²) in [5, 5.41) is 0.842. The molecule has 16 heavy (non-hydrogen) atoms. The normalized spacial score (nSPS) is 25.1. The van der Waals surface area contributed by atoms with Crippen LogP contribution in [0.3, 0.4) is 0 Å². The zero-order valence-electron chi connectivity index (χ0n) is 9.67. The highest BCUT2D eigenvalue weighted by Gasteiger charge is 2.24. The van der Waals surface area contributed by atoms with Crippen molar-refractivity contribution in [3.63, 3.8) is 0 Å². The van der Waals surface area contributed by atoms with Gasteiger partial charge in [0.15, 0.2) is 0 Å². The molecule has 1 aromatic carbocycles. The van der Waals surface area contributed by atoms with Crippen LogP contribution in [0.25, 0.3) is 0 Å². The van der Waals surface area contributed by atoms with E-state index < -0.39 is 0 Å². The first kappa shape index (κ1) is 11.6. The summed E-state index contributed by atoms with van der Waals surface area (Å²) in [4.78, 5) is 0. The molecule has 1 aromatic rings. The SMILES string of the molecule is C#Cc1ccc(C2CCCCC2C)c(Cl)c1. The van der Waals surface area contributed by atoms with E-state index in [1.807, 2.05) is 12.1 Å². The van der Waals surface area contributed by atoms with Crippen molar-refractivity contribution in [1.29, 1.82) is 0 Å². The van der Waals surface area contributed by atoms with Crippen LogP contribution in [0.4, 0.5) is 0 Å². The van der Waals surface area contributed by atoms with Crippen molar-refractivity contribution < 1.29 is 0 Å². The van der Waals surface area contributed by atoms with Gasteiger partial charge in [-0.1, -0.05) is 49.8 Å². The molecule has 0 aromatic heterocycles. The summed E-state index contributed by atoms with van der Waals surface area (Å²) in [5.41, 5.74) is 2.16. The Morgan fingerprint density at radius 1 is 1.31 bits per heavy atom. The average molecular weight is 233 g/mol. The summed E-state index contributed by atoms with van der Waals surface area (Å²) >= 11 is 6.31. The molecule has 2 atom stereocenters. The number of benzene rings is 1. The molecular formula is C15H17Cl. The van der Waals surface area contributed by atoms with E-state index in [9.17, 15) is 0 Å². The third kappa shape index (κ3) is 2.25. The van der Waals surface area contributed by atoms with E-state index in [1.165, 1.54) is 31.2 Å². The van der Waals surface area contributed by atoms with Gasteiger partial charge in [-0.25, -0.2) is 0 Å². The smallest absolute Gasteiger partial charge is 0.0453 e.